The van der Waals surface area contributed by atoms with E-state index in [1.807, 2.05) is 0 Å². The van der Waals surface area contributed by atoms with Crippen LogP contribution in [0.1, 0.15) is 77.4 Å². The Kier molecular flexibility index (Phi) is 9.77. The van der Waals surface area contributed by atoms with Crippen molar-refractivity contribution in [2.45, 2.75) is 115 Å². The molecule has 0 amide bonds. The van der Waals surface area contributed by atoms with Gasteiger partial charge in [0.15, 0.2) is 11.7 Å². The maximum atomic E-state index is 14.0. The van der Waals surface area contributed by atoms with Crippen molar-refractivity contribution in [2.24, 2.45) is 17.3 Å². The van der Waals surface area contributed by atoms with E-state index in [-0.39, 0.29) is 11.3 Å². The molecular weight excluding hydrogens is 678 g/mol. The molecule has 3 heterocycles. The van der Waals surface area contributed by atoms with Crippen molar-refractivity contribution >= 4 is 35.8 Å². The summed E-state index contributed by atoms with van der Waals surface area (Å²) < 4.78 is 41.3. The van der Waals surface area contributed by atoms with Gasteiger partial charge in [0.2, 0.25) is 0 Å². The lowest BCUT2D eigenvalue weighted by atomic mass is 9.45. The van der Waals surface area contributed by atoms with Gasteiger partial charge in [0, 0.05) is 39.8 Å². The number of hydrogen-bond acceptors (Lipinski definition) is 17. The molecule has 3 N–H and O–H groups in total. The topological polar surface area (TPSA) is 241 Å². The minimum Gasteiger partial charge on any atom is -0.465 e. The van der Waals surface area contributed by atoms with Crippen molar-refractivity contribution < 1.29 is 77.2 Å². The number of rotatable bonds is 5. The lowest BCUT2D eigenvalue weighted by Crippen LogP contribution is -2.89. The first-order chi connectivity index (χ1) is 23.7. The summed E-state index contributed by atoms with van der Waals surface area (Å²) in [5.41, 5.74) is -9.70. The van der Waals surface area contributed by atoms with Crippen molar-refractivity contribution in [2.75, 3.05) is 13.2 Å². The molecule has 0 aromatic carbocycles. The van der Waals surface area contributed by atoms with Gasteiger partial charge in [-0.15, -0.1) is 0 Å². The Morgan fingerprint density at radius 2 is 1.45 bits per heavy atom. The second kappa shape index (κ2) is 13.1. The number of esters is 6. The highest BCUT2D eigenvalue weighted by atomic mass is 16.7. The maximum Gasteiger partial charge on any atom is 0.340 e. The number of aliphatic hydroxyl groups excluding tert-OH is 2. The highest BCUT2D eigenvalue weighted by Crippen LogP contribution is 2.69. The molecule has 1 aromatic rings. The third-order valence-corrected chi connectivity index (χ3v) is 10.9. The molecule has 5 rings (SSSR count). The highest BCUT2D eigenvalue weighted by Gasteiger charge is 2.90. The van der Waals surface area contributed by atoms with Gasteiger partial charge in [-0.05, 0) is 26.0 Å². The lowest BCUT2D eigenvalue weighted by Gasteiger charge is -2.67. The van der Waals surface area contributed by atoms with Crippen LogP contribution in [0.3, 0.4) is 0 Å². The van der Waals surface area contributed by atoms with Crippen LogP contribution in [0.2, 0.25) is 0 Å². The summed E-state index contributed by atoms with van der Waals surface area (Å²) in [6.45, 7) is 7.86. The van der Waals surface area contributed by atoms with Gasteiger partial charge in [0.05, 0.1) is 23.1 Å². The summed E-state index contributed by atoms with van der Waals surface area (Å²) in [6, 6.07) is 2.92. The number of aromatic nitrogens is 1. The van der Waals surface area contributed by atoms with Crippen LogP contribution in [0.15, 0.2) is 18.3 Å². The van der Waals surface area contributed by atoms with E-state index in [0.717, 1.165) is 34.6 Å². The summed E-state index contributed by atoms with van der Waals surface area (Å²) in [4.78, 5) is 83.0. The fourth-order valence-electron chi connectivity index (χ4n) is 8.67. The Balaban J connectivity index is 1.91. The summed E-state index contributed by atoms with van der Waals surface area (Å²) in [5, 5.41) is 37.4. The standard InChI is InChI=1S/C34H43NO16/c1-14-15(2)29(42)50-26-24(41)28(49-19(6)39)33(13-45-16(3)36)27(48-18(5)38)23(40)21-25(47-17(4)37)34(33,32(26,8)44)51-31(21,7)12-46-30(43)20-10-9-11-35-22(14)20/h9-11,14-15,21,23-28,40-41,44H,12-13H2,1-8H3. The van der Waals surface area contributed by atoms with E-state index in [9.17, 15) is 44.1 Å². The zero-order valence-corrected chi connectivity index (χ0v) is 29.4. The van der Waals surface area contributed by atoms with Crippen molar-refractivity contribution in [3.63, 3.8) is 0 Å². The Hall–Kier alpha value is -4.19. The van der Waals surface area contributed by atoms with E-state index in [4.69, 9.17) is 33.2 Å². The Bertz CT molecular complexity index is 1630. The molecule has 17 nitrogen and oxygen atoms in total. The number of ether oxygens (including phenoxy) is 7. The Morgan fingerprint density at radius 3 is 2.02 bits per heavy atom. The van der Waals surface area contributed by atoms with Crippen LogP contribution in [0.5, 0.6) is 0 Å². The largest absolute Gasteiger partial charge is 0.465 e. The molecule has 13 atom stereocenters. The molecular formula is C34H43NO16. The van der Waals surface area contributed by atoms with Gasteiger partial charge in [-0.25, -0.2) is 4.79 Å². The van der Waals surface area contributed by atoms with Crippen LogP contribution in [0, 0.1) is 17.3 Å². The molecule has 1 aromatic heterocycles. The fourth-order valence-corrected chi connectivity index (χ4v) is 8.67. The van der Waals surface area contributed by atoms with E-state index in [1.165, 1.54) is 32.2 Å². The summed E-state index contributed by atoms with van der Waals surface area (Å²) in [7, 11) is 0. The predicted octanol–water partition coefficient (Wildman–Crippen LogP) is -0.108. The first-order valence-corrected chi connectivity index (χ1v) is 16.4. The number of nitrogens with zero attached hydrogens (tertiary/aromatic N) is 1. The third-order valence-electron chi connectivity index (χ3n) is 10.9. The van der Waals surface area contributed by atoms with Gasteiger partial charge in [0.1, 0.15) is 60.4 Å². The molecule has 17 heteroatoms. The zero-order chi connectivity index (χ0) is 38.0. The lowest BCUT2D eigenvalue weighted by molar-refractivity contribution is -0.386. The number of pyridine rings is 1. The van der Waals surface area contributed by atoms with Crippen LogP contribution in [-0.2, 0) is 57.1 Å². The molecule has 2 aliphatic heterocycles. The third kappa shape index (κ3) is 5.64. The molecule has 3 fully saturated rings. The average molecular weight is 722 g/mol. The second-order valence-electron chi connectivity index (χ2n) is 14.2. The number of fused-ring (bicyclic) bond motifs is 5. The number of cyclic esters (lactones) is 1. The van der Waals surface area contributed by atoms with Gasteiger partial charge in [-0.2, -0.15) is 0 Å². The number of carbonyl (C=O) groups excluding carboxylic acids is 6. The van der Waals surface area contributed by atoms with Crippen molar-refractivity contribution in [3.05, 3.63) is 29.6 Å². The normalized spacial score (nSPS) is 41.6. The molecule has 13 unspecified atom stereocenters. The zero-order valence-electron chi connectivity index (χ0n) is 29.4. The summed E-state index contributed by atoms with van der Waals surface area (Å²) in [6.07, 6.45) is -10.7. The van der Waals surface area contributed by atoms with Gasteiger partial charge in [0.25, 0.3) is 0 Å². The number of aliphatic hydroxyl groups is 3. The fraction of sp³-hybridized carbons (Fsp3) is 0.676. The molecule has 0 radical (unpaired) electrons. The van der Waals surface area contributed by atoms with E-state index in [2.05, 4.69) is 4.98 Å². The Labute approximate surface area is 292 Å². The second-order valence-corrected chi connectivity index (χ2v) is 14.2. The van der Waals surface area contributed by atoms with Gasteiger partial charge in [-0.1, -0.05) is 13.8 Å². The van der Waals surface area contributed by atoms with E-state index < -0.39 is 126 Å². The van der Waals surface area contributed by atoms with Crippen molar-refractivity contribution in [1.29, 1.82) is 0 Å². The molecule has 2 saturated carbocycles. The first-order valence-electron chi connectivity index (χ1n) is 16.4. The molecule has 2 aliphatic carbocycles. The van der Waals surface area contributed by atoms with E-state index in [1.54, 1.807) is 6.92 Å². The predicted molar refractivity (Wildman–Crippen MR) is 166 cm³/mol. The monoisotopic (exact) mass is 721 g/mol. The molecule has 4 bridgehead atoms. The van der Waals surface area contributed by atoms with Crippen molar-refractivity contribution in [1.82, 2.24) is 4.98 Å². The molecule has 1 spiro atoms. The Morgan fingerprint density at radius 1 is 0.882 bits per heavy atom. The average Bonchev–Trinajstić information content (AvgIpc) is 3.27. The van der Waals surface area contributed by atoms with Crippen LogP contribution in [-0.4, -0.2) is 123 Å². The van der Waals surface area contributed by atoms with Crippen LogP contribution in [0.4, 0.5) is 0 Å². The summed E-state index contributed by atoms with van der Waals surface area (Å²) >= 11 is 0. The summed E-state index contributed by atoms with van der Waals surface area (Å²) in [5.74, 6) is -9.27. The van der Waals surface area contributed by atoms with Gasteiger partial charge >= 0.3 is 35.8 Å². The van der Waals surface area contributed by atoms with E-state index in [0.29, 0.717) is 0 Å². The van der Waals surface area contributed by atoms with E-state index >= 15 is 0 Å². The molecule has 1 saturated heterocycles. The van der Waals surface area contributed by atoms with Crippen LogP contribution >= 0.6 is 0 Å². The minimum absolute atomic E-state index is 0.00864. The molecule has 4 aliphatic rings. The molecule has 280 valence electrons. The van der Waals surface area contributed by atoms with Crippen LogP contribution < -0.4 is 0 Å². The van der Waals surface area contributed by atoms with Gasteiger partial charge in [-0.3, -0.25) is 29.0 Å². The van der Waals surface area contributed by atoms with Gasteiger partial charge < -0.3 is 48.5 Å². The SMILES string of the molecule is CC(=O)OCC12C(OC(C)=O)C(O)C3C(OC(C)=O)C14OC3(C)COC(=O)c1cccnc1C(C)C(C)C(=O)OC(C(O)C2OC(C)=O)C4(C)O. The minimum atomic E-state index is -2.74. The smallest absolute Gasteiger partial charge is 0.340 e. The quantitative estimate of drug-likeness (QED) is 0.265. The number of carbonyl (C=O) groups is 6. The van der Waals surface area contributed by atoms with Crippen molar-refractivity contribution in [3.8, 4) is 0 Å². The highest BCUT2D eigenvalue weighted by molar-refractivity contribution is 5.91. The van der Waals surface area contributed by atoms with Crippen LogP contribution in [0.25, 0.3) is 0 Å². The maximum absolute atomic E-state index is 14.0. The number of hydrogen-bond donors (Lipinski definition) is 3. The first kappa shape index (κ1) is 38.1. The molecule has 51 heavy (non-hydrogen) atoms.